The van der Waals surface area contributed by atoms with E-state index in [0.29, 0.717) is 4.60 Å². The van der Waals surface area contributed by atoms with Gasteiger partial charge in [0, 0.05) is 11.5 Å². The fraction of sp³-hybridized carbons (Fsp3) is 0.273. The maximum Gasteiger partial charge on any atom is 0.153 e. The van der Waals surface area contributed by atoms with Crippen LogP contribution in [-0.2, 0) is 7.05 Å². The van der Waals surface area contributed by atoms with Crippen molar-refractivity contribution in [1.82, 2.24) is 20.4 Å². The van der Waals surface area contributed by atoms with E-state index in [4.69, 9.17) is 10.6 Å². The van der Waals surface area contributed by atoms with Gasteiger partial charge in [0.25, 0.3) is 0 Å². The minimum atomic E-state index is -0.265. The zero-order valence-electron chi connectivity index (χ0n) is 10.4. The predicted molar refractivity (Wildman–Crippen MR) is 78.6 cm³/mol. The second kappa shape index (κ2) is 6.00. The lowest BCUT2D eigenvalue weighted by Gasteiger charge is -2.18. The number of aromatic nitrogens is 3. The average Bonchev–Trinajstić information content (AvgIpc) is 2.73. The molecule has 0 aliphatic heterocycles. The van der Waals surface area contributed by atoms with Crippen LogP contribution in [0.3, 0.4) is 0 Å². The van der Waals surface area contributed by atoms with Crippen LogP contribution in [-0.4, -0.2) is 22.1 Å². The molecular weight excluding hydrogens is 378 g/mol. The van der Waals surface area contributed by atoms with Crippen molar-refractivity contribution < 1.29 is 4.74 Å². The second-order valence-corrected chi connectivity index (χ2v) is 5.48. The van der Waals surface area contributed by atoms with Crippen LogP contribution in [0.1, 0.15) is 17.3 Å². The first-order valence-electron chi connectivity index (χ1n) is 5.43. The van der Waals surface area contributed by atoms with Crippen LogP contribution in [0, 0.1) is 0 Å². The average molecular weight is 391 g/mol. The molecule has 1 heterocycles. The predicted octanol–water partition coefficient (Wildman–Crippen LogP) is 1.90. The number of benzene rings is 1. The molecule has 1 atom stereocenters. The molecule has 0 saturated heterocycles. The highest BCUT2D eigenvalue weighted by molar-refractivity contribution is 9.10. The van der Waals surface area contributed by atoms with E-state index in [1.807, 2.05) is 25.2 Å². The molecule has 1 unspecified atom stereocenters. The molecule has 0 spiro atoms. The Morgan fingerprint density at radius 3 is 2.68 bits per heavy atom. The molecule has 102 valence electrons. The summed E-state index contributed by atoms with van der Waals surface area (Å²) in [7, 11) is 3.44. The topological polar surface area (TPSA) is 78.0 Å². The van der Waals surface area contributed by atoms with Crippen molar-refractivity contribution in [1.29, 1.82) is 0 Å². The molecule has 0 amide bonds. The third-order valence-corrected chi connectivity index (χ3v) is 4.07. The van der Waals surface area contributed by atoms with Crippen LogP contribution in [0.4, 0.5) is 0 Å². The van der Waals surface area contributed by atoms with Gasteiger partial charge in [-0.1, -0.05) is 21.1 Å². The van der Waals surface area contributed by atoms with Crippen molar-refractivity contribution in [2.45, 2.75) is 6.04 Å². The van der Waals surface area contributed by atoms with Crippen molar-refractivity contribution in [3.8, 4) is 5.75 Å². The largest absolute Gasteiger partial charge is 0.497 e. The quantitative estimate of drug-likeness (QED) is 0.615. The Hall–Kier alpha value is -0.960. The standard InChI is InChI=1S/C11H13Br2N5O/c1-18-10(11(13)16-17-18)9(15-14)7-5-6(19-2)3-4-8(7)12/h3-5,9,15H,14H2,1-2H3. The van der Waals surface area contributed by atoms with E-state index in [2.05, 4.69) is 47.6 Å². The molecule has 0 aliphatic rings. The van der Waals surface area contributed by atoms with Gasteiger partial charge >= 0.3 is 0 Å². The van der Waals surface area contributed by atoms with E-state index in [-0.39, 0.29) is 6.04 Å². The van der Waals surface area contributed by atoms with Crippen LogP contribution < -0.4 is 16.0 Å². The highest BCUT2D eigenvalue weighted by atomic mass is 79.9. The first kappa shape index (κ1) is 14.4. The lowest BCUT2D eigenvalue weighted by atomic mass is 10.0. The number of hydrogen-bond donors (Lipinski definition) is 2. The Morgan fingerprint density at radius 1 is 1.42 bits per heavy atom. The van der Waals surface area contributed by atoms with Crippen LogP contribution >= 0.6 is 31.9 Å². The van der Waals surface area contributed by atoms with Gasteiger partial charge in [0.1, 0.15) is 5.75 Å². The second-order valence-electron chi connectivity index (χ2n) is 3.88. The summed E-state index contributed by atoms with van der Waals surface area (Å²) in [6.45, 7) is 0. The molecule has 2 rings (SSSR count). The van der Waals surface area contributed by atoms with Gasteiger partial charge in [0.15, 0.2) is 4.60 Å². The number of methoxy groups -OCH3 is 1. The van der Waals surface area contributed by atoms with Gasteiger partial charge in [0.2, 0.25) is 0 Å². The van der Waals surface area contributed by atoms with Gasteiger partial charge in [-0.2, -0.15) is 0 Å². The molecule has 8 heteroatoms. The fourth-order valence-electron chi connectivity index (χ4n) is 1.83. The molecule has 0 bridgehead atoms. The normalized spacial score (nSPS) is 12.5. The highest BCUT2D eigenvalue weighted by Crippen LogP contribution is 2.33. The summed E-state index contributed by atoms with van der Waals surface area (Å²) >= 11 is 6.90. The lowest BCUT2D eigenvalue weighted by molar-refractivity contribution is 0.413. The van der Waals surface area contributed by atoms with Gasteiger partial charge in [0.05, 0.1) is 18.8 Å². The van der Waals surface area contributed by atoms with Crippen LogP contribution in [0.5, 0.6) is 5.75 Å². The third-order valence-electron chi connectivity index (χ3n) is 2.78. The number of aryl methyl sites for hydroxylation is 1. The zero-order valence-corrected chi connectivity index (χ0v) is 13.6. The number of nitrogens with two attached hydrogens (primary N) is 1. The van der Waals surface area contributed by atoms with Crippen molar-refractivity contribution >= 4 is 31.9 Å². The van der Waals surface area contributed by atoms with Crippen molar-refractivity contribution in [3.05, 3.63) is 38.5 Å². The van der Waals surface area contributed by atoms with E-state index in [9.17, 15) is 0 Å². The summed E-state index contributed by atoms with van der Waals surface area (Å²) in [5, 5.41) is 7.93. The molecule has 1 aromatic carbocycles. The Kier molecular flexibility index (Phi) is 4.56. The lowest BCUT2D eigenvalue weighted by Crippen LogP contribution is -2.31. The Morgan fingerprint density at radius 2 is 2.16 bits per heavy atom. The minimum absolute atomic E-state index is 0.265. The van der Waals surface area contributed by atoms with E-state index < -0.39 is 0 Å². The highest BCUT2D eigenvalue weighted by Gasteiger charge is 2.23. The summed E-state index contributed by atoms with van der Waals surface area (Å²) in [4.78, 5) is 0. The number of nitrogens with one attached hydrogen (secondary N) is 1. The Labute approximate surface area is 127 Å². The number of hydrazine groups is 1. The van der Waals surface area contributed by atoms with Crippen molar-refractivity contribution in [2.75, 3.05) is 7.11 Å². The molecule has 3 N–H and O–H groups in total. The van der Waals surface area contributed by atoms with Crippen LogP contribution in [0.25, 0.3) is 0 Å². The van der Waals surface area contributed by atoms with Crippen molar-refractivity contribution in [3.63, 3.8) is 0 Å². The van der Waals surface area contributed by atoms with Gasteiger partial charge in [-0.05, 0) is 39.7 Å². The van der Waals surface area contributed by atoms with Crippen LogP contribution in [0.15, 0.2) is 27.3 Å². The summed E-state index contributed by atoms with van der Waals surface area (Å²) in [5.41, 5.74) is 4.55. The SMILES string of the molecule is COc1ccc(Br)c(C(NN)c2c(Br)nnn2C)c1. The maximum absolute atomic E-state index is 5.69. The molecule has 0 aliphatic carbocycles. The monoisotopic (exact) mass is 389 g/mol. The van der Waals surface area contributed by atoms with Gasteiger partial charge in [-0.25, -0.2) is 10.1 Å². The maximum atomic E-state index is 5.69. The zero-order chi connectivity index (χ0) is 14.0. The molecular formula is C11H13Br2N5O. The fourth-order valence-corrected chi connectivity index (χ4v) is 2.86. The van der Waals surface area contributed by atoms with E-state index in [1.165, 1.54) is 0 Å². The number of halogens is 2. The molecule has 0 fully saturated rings. The number of hydrogen-bond acceptors (Lipinski definition) is 5. The van der Waals surface area contributed by atoms with Gasteiger partial charge in [-0.3, -0.25) is 5.84 Å². The molecule has 1 aromatic heterocycles. The van der Waals surface area contributed by atoms with E-state index in [1.54, 1.807) is 11.8 Å². The van der Waals surface area contributed by atoms with E-state index in [0.717, 1.165) is 21.5 Å². The Balaban J connectivity index is 2.54. The molecule has 6 nitrogen and oxygen atoms in total. The Bertz CT molecular complexity index is 567. The van der Waals surface area contributed by atoms with Gasteiger partial charge < -0.3 is 4.74 Å². The van der Waals surface area contributed by atoms with E-state index >= 15 is 0 Å². The minimum Gasteiger partial charge on any atom is -0.497 e. The number of nitrogens with zero attached hydrogens (tertiary/aromatic N) is 3. The summed E-state index contributed by atoms with van der Waals surface area (Å²) in [6, 6.07) is 5.43. The van der Waals surface area contributed by atoms with Crippen LogP contribution in [0.2, 0.25) is 0 Å². The first-order valence-corrected chi connectivity index (χ1v) is 7.01. The number of rotatable bonds is 4. The summed E-state index contributed by atoms with van der Waals surface area (Å²) < 4.78 is 8.48. The summed E-state index contributed by atoms with van der Waals surface area (Å²) in [5.74, 6) is 6.45. The van der Waals surface area contributed by atoms with Gasteiger partial charge in [-0.15, -0.1) is 5.10 Å². The summed E-state index contributed by atoms with van der Waals surface area (Å²) in [6.07, 6.45) is 0. The first-order chi connectivity index (χ1) is 9.08. The molecule has 0 radical (unpaired) electrons. The molecule has 19 heavy (non-hydrogen) atoms. The number of ether oxygens (including phenoxy) is 1. The van der Waals surface area contributed by atoms with Crippen molar-refractivity contribution in [2.24, 2.45) is 12.9 Å². The molecule has 0 saturated carbocycles. The smallest absolute Gasteiger partial charge is 0.153 e. The third kappa shape index (κ3) is 2.81. The molecule has 2 aromatic rings.